The molecule has 1 N–H and O–H groups in total. The molecule has 1 aliphatic rings. The van der Waals surface area contributed by atoms with Crippen LogP contribution in [0.5, 0.6) is 5.75 Å². The van der Waals surface area contributed by atoms with Crippen LogP contribution in [0.1, 0.15) is 15.9 Å². The van der Waals surface area contributed by atoms with Gasteiger partial charge in [0, 0.05) is 17.7 Å². The van der Waals surface area contributed by atoms with Gasteiger partial charge in [-0.25, -0.2) is 0 Å². The Bertz CT molecular complexity index is 1000. The zero-order chi connectivity index (χ0) is 20.3. The van der Waals surface area contributed by atoms with Gasteiger partial charge in [-0.1, -0.05) is 12.1 Å². The summed E-state index contributed by atoms with van der Waals surface area (Å²) < 4.78 is 5.12. The maximum absolute atomic E-state index is 12.5. The van der Waals surface area contributed by atoms with E-state index in [2.05, 4.69) is 5.43 Å². The van der Waals surface area contributed by atoms with Gasteiger partial charge in [0.1, 0.15) is 5.75 Å². The highest BCUT2D eigenvalue weighted by atomic mass is 32.2. The quantitative estimate of drug-likeness (QED) is 0.466. The van der Waals surface area contributed by atoms with E-state index >= 15 is 0 Å². The van der Waals surface area contributed by atoms with Crippen LogP contribution in [0.4, 0.5) is 10.5 Å². The number of imide groups is 1. The van der Waals surface area contributed by atoms with Gasteiger partial charge >= 0.3 is 5.24 Å². The van der Waals surface area contributed by atoms with Crippen LogP contribution in [0.3, 0.4) is 0 Å². The van der Waals surface area contributed by atoms with Gasteiger partial charge in [-0.15, -0.1) is 0 Å². The first kappa shape index (κ1) is 19.1. The SMILES string of the molecule is COc1cccc(/C=C2\SC(=O)N(NC(=O)c3ccc([N+](=O)[O-])cc3)C2=O)c1. The van der Waals surface area contributed by atoms with Crippen molar-refractivity contribution >= 4 is 40.6 Å². The smallest absolute Gasteiger partial charge is 0.312 e. The lowest BCUT2D eigenvalue weighted by molar-refractivity contribution is -0.384. The number of rotatable bonds is 5. The molecule has 142 valence electrons. The molecule has 28 heavy (non-hydrogen) atoms. The van der Waals surface area contributed by atoms with E-state index in [4.69, 9.17) is 4.74 Å². The van der Waals surface area contributed by atoms with Crippen molar-refractivity contribution in [2.45, 2.75) is 0 Å². The second-order valence-corrected chi connectivity index (χ2v) is 6.53. The van der Waals surface area contributed by atoms with Crippen molar-refractivity contribution in [2.75, 3.05) is 7.11 Å². The molecular formula is C18H13N3O6S. The van der Waals surface area contributed by atoms with E-state index in [1.54, 1.807) is 24.3 Å². The highest BCUT2D eigenvalue weighted by Gasteiger charge is 2.36. The number of ether oxygens (including phenoxy) is 1. The van der Waals surface area contributed by atoms with Crippen LogP contribution < -0.4 is 10.2 Å². The number of benzene rings is 2. The van der Waals surface area contributed by atoms with Crippen molar-refractivity contribution in [1.29, 1.82) is 0 Å². The summed E-state index contributed by atoms with van der Waals surface area (Å²) in [5, 5.41) is 10.6. The van der Waals surface area contributed by atoms with Crippen LogP contribution in [-0.2, 0) is 4.79 Å². The number of nitro groups is 1. The van der Waals surface area contributed by atoms with Crippen molar-refractivity contribution in [1.82, 2.24) is 10.4 Å². The number of carbonyl (C=O) groups is 3. The molecule has 3 rings (SSSR count). The Labute approximate surface area is 163 Å². The number of hydrogen-bond donors (Lipinski definition) is 1. The molecule has 10 heteroatoms. The first-order chi connectivity index (χ1) is 13.4. The zero-order valence-corrected chi connectivity index (χ0v) is 15.3. The number of nitrogens with one attached hydrogen (secondary N) is 1. The number of nitrogens with zero attached hydrogens (tertiary/aromatic N) is 2. The number of carbonyl (C=O) groups excluding carboxylic acids is 3. The summed E-state index contributed by atoms with van der Waals surface area (Å²) >= 11 is 0.687. The third-order valence-corrected chi connectivity index (χ3v) is 4.61. The molecule has 0 bridgehead atoms. The standard InChI is InChI=1S/C18H13N3O6S/c1-27-14-4-2-3-11(9-14)10-15-17(23)20(18(24)28-15)19-16(22)12-5-7-13(8-6-12)21(25)26/h2-10H,1H3,(H,19,22)/b15-10-. The molecule has 2 aromatic rings. The fourth-order valence-electron chi connectivity index (χ4n) is 2.35. The minimum atomic E-state index is -0.736. The Morgan fingerprint density at radius 2 is 1.93 bits per heavy atom. The molecule has 1 saturated heterocycles. The Kier molecular flexibility index (Phi) is 5.41. The largest absolute Gasteiger partial charge is 0.497 e. The van der Waals surface area contributed by atoms with E-state index in [0.717, 1.165) is 12.1 Å². The number of nitro benzene ring substituents is 1. The maximum Gasteiger partial charge on any atom is 0.312 e. The van der Waals surface area contributed by atoms with Crippen LogP contribution in [0.15, 0.2) is 53.4 Å². The number of hydrazine groups is 1. The van der Waals surface area contributed by atoms with Crippen LogP contribution in [0, 0.1) is 10.1 Å². The lowest BCUT2D eigenvalue weighted by atomic mass is 10.2. The van der Waals surface area contributed by atoms with Gasteiger partial charge < -0.3 is 4.74 Å². The van der Waals surface area contributed by atoms with Gasteiger partial charge in [-0.2, -0.15) is 5.01 Å². The summed E-state index contributed by atoms with van der Waals surface area (Å²) in [5.41, 5.74) is 2.77. The van der Waals surface area contributed by atoms with Crippen molar-refractivity contribution in [3.8, 4) is 5.75 Å². The molecule has 0 aromatic heterocycles. The average Bonchev–Trinajstić information content (AvgIpc) is 2.95. The molecule has 0 aliphatic carbocycles. The molecule has 0 saturated carbocycles. The summed E-state index contributed by atoms with van der Waals surface area (Å²) in [6.45, 7) is 0. The summed E-state index contributed by atoms with van der Waals surface area (Å²) in [7, 11) is 1.51. The van der Waals surface area contributed by atoms with Gasteiger partial charge in [-0.3, -0.25) is 29.9 Å². The fraction of sp³-hybridized carbons (Fsp3) is 0.0556. The van der Waals surface area contributed by atoms with Crippen LogP contribution in [-0.4, -0.2) is 34.1 Å². The lowest BCUT2D eigenvalue weighted by Crippen LogP contribution is -2.44. The third kappa shape index (κ3) is 4.01. The van der Waals surface area contributed by atoms with Crippen molar-refractivity contribution in [3.05, 3.63) is 74.7 Å². The Hall–Kier alpha value is -3.66. The van der Waals surface area contributed by atoms with Gasteiger partial charge in [0.05, 0.1) is 16.9 Å². The number of thioether (sulfide) groups is 1. The number of methoxy groups -OCH3 is 1. The molecule has 3 amide bonds. The van der Waals surface area contributed by atoms with Gasteiger partial charge in [-0.05, 0) is 47.7 Å². The average molecular weight is 399 g/mol. The first-order valence-electron chi connectivity index (χ1n) is 7.86. The van der Waals surface area contributed by atoms with Crippen molar-refractivity contribution in [3.63, 3.8) is 0 Å². The molecule has 1 aliphatic heterocycles. The van der Waals surface area contributed by atoms with Crippen molar-refractivity contribution in [2.24, 2.45) is 0 Å². The summed E-state index contributed by atoms with van der Waals surface area (Å²) in [4.78, 5) is 47.0. The van der Waals surface area contributed by atoms with Crippen molar-refractivity contribution < 1.29 is 24.0 Å². The van der Waals surface area contributed by atoms with Gasteiger partial charge in [0.2, 0.25) is 0 Å². The Morgan fingerprint density at radius 1 is 1.21 bits per heavy atom. The Morgan fingerprint density at radius 3 is 2.57 bits per heavy atom. The summed E-state index contributed by atoms with van der Waals surface area (Å²) in [5.74, 6) is -0.813. The zero-order valence-electron chi connectivity index (χ0n) is 14.4. The van der Waals surface area contributed by atoms with E-state index in [1.807, 2.05) is 0 Å². The second-order valence-electron chi connectivity index (χ2n) is 5.54. The predicted octanol–water partition coefficient (Wildman–Crippen LogP) is 2.98. The molecular weight excluding hydrogens is 386 g/mol. The molecule has 9 nitrogen and oxygen atoms in total. The van der Waals surface area contributed by atoms with E-state index in [9.17, 15) is 24.5 Å². The molecule has 1 heterocycles. The monoisotopic (exact) mass is 399 g/mol. The minimum Gasteiger partial charge on any atom is -0.497 e. The molecule has 0 atom stereocenters. The second kappa shape index (κ2) is 7.92. The van der Waals surface area contributed by atoms with E-state index < -0.39 is 22.0 Å². The van der Waals surface area contributed by atoms with E-state index in [0.29, 0.717) is 28.1 Å². The van der Waals surface area contributed by atoms with Gasteiger partial charge in [0.15, 0.2) is 0 Å². The third-order valence-electron chi connectivity index (χ3n) is 3.74. The molecule has 1 fully saturated rings. The normalized spacial score (nSPS) is 15.0. The van der Waals surface area contributed by atoms with E-state index in [-0.39, 0.29) is 16.2 Å². The van der Waals surface area contributed by atoms with Crippen LogP contribution >= 0.6 is 11.8 Å². The number of non-ortho nitro benzene ring substituents is 1. The number of amides is 3. The summed E-state index contributed by atoms with van der Waals surface area (Å²) in [6.07, 6.45) is 1.52. The molecule has 2 aromatic carbocycles. The first-order valence-corrected chi connectivity index (χ1v) is 8.68. The highest BCUT2D eigenvalue weighted by Crippen LogP contribution is 2.31. The predicted molar refractivity (Wildman–Crippen MR) is 101 cm³/mol. The Balaban J connectivity index is 1.75. The van der Waals surface area contributed by atoms with Gasteiger partial charge in [0.25, 0.3) is 17.5 Å². The molecule has 0 radical (unpaired) electrons. The highest BCUT2D eigenvalue weighted by molar-refractivity contribution is 8.18. The van der Waals surface area contributed by atoms with Crippen LogP contribution in [0.25, 0.3) is 6.08 Å². The fourth-order valence-corrected chi connectivity index (χ4v) is 3.13. The maximum atomic E-state index is 12.5. The topological polar surface area (TPSA) is 119 Å². The molecule has 0 unspecified atom stereocenters. The van der Waals surface area contributed by atoms with Crippen LogP contribution in [0.2, 0.25) is 0 Å². The molecule has 0 spiro atoms. The summed E-state index contributed by atoms with van der Waals surface area (Å²) in [6, 6.07) is 11.7. The number of hydrogen-bond acceptors (Lipinski definition) is 7. The minimum absolute atomic E-state index is 0.0708. The lowest BCUT2D eigenvalue weighted by Gasteiger charge is -2.13. The van der Waals surface area contributed by atoms with E-state index in [1.165, 1.54) is 25.3 Å².